The lowest BCUT2D eigenvalue weighted by atomic mass is 9.90. The van der Waals surface area contributed by atoms with Crippen molar-refractivity contribution in [3.8, 4) is 17.6 Å². The van der Waals surface area contributed by atoms with Crippen molar-refractivity contribution in [2.75, 3.05) is 24.5 Å². The summed E-state index contributed by atoms with van der Waals surface area (Å²) in [5.41, 5.74) is 0.600. The van der Waals surface area contributed by atoms with Crippen LogP contribution in [0.5, 0.6) is 5.75 Å². The van der Waals surface area contributed by atoms with Crippen LogP contribution >= 0.6 is 0 Å². The van der Waals surface area contributed by atoms with Crippen molar-refractivity contribution in [1.29, 1.82) is 0 Å². The molecule has 1 aliphatic carbocycles. The van der Waals surface area contributed by atoms with Gasteiger partial charge >= 0.3 is 12.1 Å². The van der Waals surface area contributed by atoms with E-state index in [0.717, 1.165) is 5.82 Å². The van der Waals surface area contributed by atoms with Crippen molar-refractivity contribution in [1.82, 2.24) is 15.1 Å². The van der Waals surface area contributed by atoms with Crippen molar-refractivity contribution < 1.29 is 23.5 Å². The molecule has 2 saturated heterocycles. The highest BCUT2D eigenvalue weighted by molar-refractivity contribution is 5.72. The fourth-order valence-electron chi connectivity index (χ4n) is 4.63. The zero-order chi connectivity index (χ0) is 25.1. The van der Waals surface area contributed by atoms with Gasteiger partial charge in [-0.1, -0.05) is 30.2 Å². The molecule has 2 atom stereocenters. The lowest BCUT2D eigenvalue weighted by Crippen LogP contribution is -2.49. The molecule has 9 heteroatoms. The first-order valence-corrected chi connectivity index (χ1v) is 11.8. The lowest BCUT2D eigenvalue weighted by Gasteiger charge is -2.38. The number of anilines is 1. The number of rotatable bonds is 3. The Hall–Kier alpha value is -4.19. The highest BCUT2D eigenvalue weighted by atomic mass is 19.1. The number of alkyl halides is 1. The SMILES string of the molecule is CC(=O)Oc1cccc(C#Cc2ccc(N3CCC4(CC3)CN(C3C=CC=CC3F)C(=O)O4)nn2)c1. The number of nitrogens with zero attached hydrogens (tertiary/aromatic N) is 4. The van der Waals surface area contributed by atoms with Gasteiger partial charge in [0.25, 0.3) is 0 Å². The van der Waals surface area contributed by atoms with Crippen molar-refractivity contribution in [2.45, 2.75) is 37.6 Å². The molecular formula is C27H25FN4O4. The number of carbonyl (C=O) groups is 2. The van der Waals surface area contributed by atoms with Gasteiger partial charge in [-0.25, -0.2) is 9.18 Å². The molecule has 1 spiro atoms. The van der Waals surface area contributed by atoms with Gasteiger partial charge in [-0.15, -0.1) is 10.2 Å². The van der Waals surface area contributed by atoms with Gasteiger partial charge in [-0.2, -0.15) is 0 Å². The van der Waals surface area contributed by atoms with Crippen LogP contribution in [0.2, 0.25) is 0 Å². The number of benzene rings is 1. The van der Waals surface area contributed by atoms with Gasteiger partial charge in [0.15, 0.2) is 5.82 Å². The third-order valence-electron chi connectivity index (χ3n) is 6.48. The zero-order valence-electron chi connectivity index (χ0n) is 19.8. The van der Waals surface area contributed by atoms with E-state index in [-0.39, 0.29) is 5.97 Å². The molecule has 3 aliphatic rings. The fourth-order valence-corrected chi connectivity index (χ4v) is 4.63. The average molecular weight is 489 g/mol. The first-order chi connectivity index (χ1) is 17.4. The highest BCUT2D eigenvalue weighted by Gasteiger charge is 2.49. The van der Waals surface area contributed by atoms with Crippen LogP contribution in [0.3, 0.4) is 0 Å². The maximum absolute atomic E-state index is 14.3. The summed E-state index contributed by atoms with van der Waals surface area (Å²) in [7, 11) is 0. The van der Waals surface area contributed by atoms with Crippen LogP contribution < -0.4 is 9.64 Å². The Morgan fingerprint density at radius 2 is 1.94 bits per heavy atom. The summed E-state index contributed by atoms with van der Waals surface area (Å²) in [5.74, 6) is 6.74. The largest absolute Gasteiger partial charge is 0.441 e. The Morgan fingerprint density at radius 3 is 2.67 bits per heavy atom. The van der Waals surface area contributed by atoms with Gasteiger partial charge in [-0.05, 0) is 42.3 Å². The number of aromatic nitrogens is 2. The quantitative estimate of drug-likeness (QED) is 0.372. The zero-order valence-corrected chi connectivity index (χ0v) is 19.8. The minimum absolute atomic E-state index is 0.377. The van der Waals surface area contributed by atoms with Gasteiger partial charge in [0.2, 0.25) is 0 Å². The second-order valence-electron chi connectivity index (χ2n) is 9.02. The van der Waals surface area contributed by atoms with E-state index < -0.39 is 23.9 Å². The van der Waals surface area contributed by atoms with E-state index in [1.165, 1.54) is 17.9 Å². The predicted octanol–water partition coefficient (Wildman–Crippen LogP) is 3.43. The summed E-state index contributed by atoms with van der Waals surface area (Å²) in [4.78, 5) is 27.2. The molecule has 8 nitrogen and oxygen atoms in total. The Morgan fingerprint density at radius 1 is 1.14 bits per heavy atom. The smallest absolute Gasteiger partial charge is 0.411 e. The summed E-state index contributed by atoms with van der Waals surface area (Å²) in [6.07, 6.45) is 6.13. The van der Waals surface area contributed by atoms with E-state index in [1.807, 2.05) is 12.1 Å². The first-order valence-electron chi connectivity index (χ1n) is 11.8. The average Bonchev–Trinajstić information content (AvgIpc) is 3.19. The van der Waals surface area contributed by atoms with E-state index in [1.54, 1.807) is 42.5 Å². The number of piperidine rings is 1. The standard InChI is InChI=1S/C27H25FN4O4/c1-19(33)35-22-6-4-5-20(17-22)9-10-21-11-12-25(30-29-21)31-15-13-27(14-16-31)18-32(26(34)36-27)24-8-3-2-7-23(24)28/h2-8,11-12,17,23-24H,13-16,18H2,1H3. The molecule has 1 amide bonds. The third-order valence-corrected chi connectivity index (χ3v) is 6.48. The van der Waals surface area contributed by atoms with Gasteiger partial charge in [-0.3, -0.25) is 9.69 Å². The van der Waals surface area contributed by atoms with Crippen LogP contribution in [0.4, 0.5) is 15.0 Å². The Labute approximate surface area is 208 Å². The normalized spacial score (nSPS) is 22.2. The number of carbonyl (C=O) groups excluding carboxylic acids is 2. The van der Waals surface area contributed by atoms with Crippen molar-refractivity contribution >= 4 is 17.9 Å². The summed E-state index contributed by atoms with van der Waals surface area (Å²) >= 11 is 0. The molecule has 36 heavy (non-hydrogen) atoms. The molecule has 0 bridgehead atoms. The maximum Gasteiger partial charge on any atom is 0.411 e. The molecule has 2 fully saturated rings. The summed E-state index contributed by atoms with van der Waals surface area (Å²) in [5, 5.41) is 8.54. The van der Waals surface area contributed by atoms with Crippen molar-refractivity contribution in [3.63, 3.8) is 0 Å². The maximum atomic E-state index is 14.3. The second-order valence-corrected chi connectivity index (χ2v) is 9.02. The van der Waals surface area contributed by atoms with Crippen LogP contribution in [0, 0.1) is 11.8 Å². The molecule has 1 aromatic heterocycles. The van der Waals surface area contributed by atoms with Crippen molar-refractivity contribution in [2.24, 2.45) is 0 Å². The van der Waals surface area contributed by atoms with Crippen LogP contribution in [0.1, 0.15) is 31.0 Å². The van der Waals surface area contributed by atoms with Gasteiger partial charge in [0, 0.05) is 38.4 Å². The topological polar surface area (TPSA) is 84.9 Å². The molecule has 2 aliphatic heterocycles. The number of amides is 1. The van der Waals surface area contributed by atoms with Gasteiger partial charge in [0.05, 0.1) is 12.6 Å². The monoisotopic (exact) mass is 488 g/mol. The van der Waals surface area contributed by atoms with Crippen LogP contribution in [0.15, 0.2) is 60.7 Å². The molecule has 0 N–H and O–H groups in total. The Balaban J connectivity index is 1.19. The number of allylic oxidation sites excluding steroid dienone is 2. The van der Waals surface area contributed by atoms with Crippen LogP contribution in [-0.4, -0.2) is 64.6 Å². The number of ether oxygens (including phenoxy) is 2. The highest BCUT2D eigenvalue weighted by Crippen LogP contribution is 2.36. The van der Waals surface area contributed by atoms with E-state index >= 15 is 0 Å². The van der Waals surface area contributed by atoms with Gasteiger partial charge < -0.3 is 14.4 Å². The van der Waals surface area contributed by atoms with Crippen LogP contribution in [-0.2, 0) is 9.53 Å². The summed E-state index contributed by atoms with van der Waals surface area (Å²) < 4.78 is 25.2. The van der Waals surface area contributed by atoms with Gasteiger partial charge in [0.1, 0.15) is 23.2 Å². The molecular weight excluding hydrogens is 463 g/mol. The minimum Gasteiger partial charge on any atom is -0.441 e. The van der Waals surface area contributed by atoms with Crippen LogP contribution in [0.25, 0.3) is 0 Å². The van der Waals surface area contributed by atoms with E-state index in [0.29, 0.717) is 49.5 Å². The van der Waals surface area contributed by atoms with E-state index in [4.69, 9.17) is 9.47 Å². The number of esters is 1. The lowest BCUT2D eigenvalue weighted by molar-refractivity contribution is -0.131. The summed E-state index contributed by atoms with van der Waals surface area (Å²) in [6.45, 7) is 3.01. The molecule has 0 saturated carbocycles. The summed E-state index contributed by atoms with van der Waals surface area (Å²) in [6, 6.07) is 10.0. The molecule has 1 aromatic carbocycles. The predicted molar refractivity (Wildman–Crippen MR) is 130 cm³/mol. The molecule has 2 aromatic rings. The van der Waals surface area contributed by atoms with E-state index in [9.17, 15) is 14.0 Å². The van der Waals surface area contributed by atoms with Crippen molar-refractivity contribution in [3.05, 3.63) is 72.0 Å². The minimum atomic E-state index is -1.23. The molecule has 2 unspecified atom stereocenters. The molecule has 5 rings (SSSR count). The molecule has 0 radical (unpaired) electrons. The fraction of sp³-hybridized carbons (Fsp3) is 0.333. The number of hydrogen-bond acceptors (Lipinski definition) is 7. The second kappa shape index (κ2) is 9.82. The molecule has 184 valence electrons. The number of hydrogen-bond donors (Lipinski definition) is 0. The molecule has 3 heterocycles. The Bertz CT molecular complexity index is 1270. The Kier molecular flexibility index (Phi) is 6.42. The third kappa shape index (κ3) is 5.08. The number of halogens is 1. The first kappa shape index (κ1) is 23.5. The van der Waals surface area contributed by atoms with E-state index in [2.05, 4.69) is 26.9 Å².